The molecule has 0 radical (unpaired) electrons. The van der Waals surface area contributed by atoms with Crippen molar-refractivity contribution < 1.29 is 9.72 Å². The monoisotopic (exact) mass is 391 g/mol. The molecule has 2 aromatic rings. The maximum absolute atomic E-state index is 12.4. The van der Waals surface area contributed by atoms with Crippen LogP contribution < -0.4 is 5.43 Å². The van der Waals surface area contributed by atoms with Gasteiger partial charge in [-0.1, -0.05) is 24.6 Å². The lowest BCUT2D eigenvalue weighted by atomic mass is 9.90. The Bertz CT molecular complexity index is 907. The molecule has 0 spiro atoms. The molecular weight excluding hydrogens is 374 g/mol. The molecule has 1 amide bonds. The summed E-state index contributed by atoms with van der Waals surface area (Å²) in [6, 6.07) is 6.37. The van der Waals surface area contributed by atoms with Crippen LogP contribution in [0, 0.1) is 16.0 Å². The number of hydrazone groups is 1. The smallest absolute Gasteiger partial charge is 0.266 e. The van der Waals surface area contributed by atoms with Gasteiger partial charge in [-0.05, 0) is 49.8 Å². The molecule has 26 heavy (non-hydrogen) atoms. The number of carbonyl (C=O) groups excluding carboxylic acids is 1. The highest BCUT2D eigenvalue weighted by Gasteiger charge is 2.20. The van der Waals surface area contributed by atoms with Gasteiger partial charge >= 0.3 is 0 Å². The molecule has 0 saturated heterocycles. The van der Waals surface area contributed by atoms with Gasteiger partial charge in [-0.25, -0.2) is 5.43 Å². The average Bonchev–Trinajstić information content (AvgIpc) is 3.02. The number of hydrogen-bond donors (Lipinski definition) is 1. The van der Waals surface area contributed by atoms with E-state index in [2.05, 4.69) is 17.5 Å². The molecule has 8 heteroatoms. The van der Waals surface area contributed by atoms with Gasteiger partial charge in [0.2, 0.25) is 0 Å². The maximum Gasteiger partial charge on any atom is 0.288 e. The molecule has 0 fully saturated rings. The summed E-state index contributed by atoms with van der Waals surface area (Å²) in [7, 11) is 0. The zero-order valence-electron chi connectivity index (χ0n) is 14.4. The minimum atomic E-state index is -0.547. The van der Waals surface area contributed by atoms with Crippen molar-refractivity contribution in [1.29, 1.82) is 0 Å². The molecule has 1 aromatic heterocycles. The molecule has 0 saturated carbocycles. The van der Waals surface area contributed by atoms with E-state index in [-0.39, 0.29) is 16.6 Å². The molecule has 3 rings (SSSR count). The molecule has 1 aliphatic carbocycles. The molecule has 0 aliphatic heterocycles. The minimum absolute atomic E-state index is 0.0639. The zero-order chi connectivity index (χ0) is 18.8. The van der Waals surface area contributed by atoms with Gasteiger partial charge in [0.15, 0.2) is 0 Å². The first kappa shape index (κ1) is 18.5. The molecule has 136 valence electrons. The van der Waals surface area contributed by atoms with E-state index >= 15 is 0 Å². The third-order valence-corrected chi connectivity index (χ3v) is 5.99. The number of fused-ring (bicyclic) bond motifs is 1. The van der Waals surface area contributed by atoms with Gasteiger partial charge in [0.1, 0.15) is 5.02 Å². The Kier molecular flexibility index (Phi) is 5.38. The summed E-state index contributed by atoms with van der Waals surface area (Å²) in [5, 5.41) is 15.1. The minimum Gasteiger partial charge on any atom is -0.266 e. The highest BCUT2D eigenvalue weighted by molar-refractivity contribution is 7.14. The van der Waals surface area contributed by atoms with Crippen LogP contribution in [0.1, 0.15) is 45.9 Å². The van der Waals surface area contributed by atoms with Crippen LogP contribution in [0.5, 0.6) is 0 Å². The van der Waals surface area contributed by atoms with Crippen LogP contribution in [-0.4, -0.2) is 16.5 Å². The van der Waals surface area contributed by atoms with Crippen LogP contribution >= 0.6 is 22.9 Å². The second kappa shape index (κ2) is 7.55. The second-order valence-electron chi connectivity index (χ2n) is 6.47. The highest BCUT2D eigenvalue weighted by atomic mass is 35.5. The van der Waals surface area contributed by atoms with E-state index < -0.39 is 4.92 Å². The quantitative estimate of drug-likeness (QED) is 0.470. The van der Waals surface area contributed by atoms with Gasteiger partial charge in [-0.15, -0.1) is 11.3 Å². The first-order chi connectivity index (χ1) is 12.3. The molecule has 0 bridgehead atoms. The van der Waals surface area contributed by atoms with E-state index in [0.717, 1.165) is 19.3 Å². The Balaban J connectivity index is 1.74. The summed E-state index contributed by atoms with van der Waals surface area (Å²) in [4.78, 5) is 24.7. The van der Waals surface area contributed by atoms with Crippen molar-refractivity contribution in [1.82, 2.24) is 5.43 Å². The number of nitro benzene ring substituents is 1. The summed E-state index contributed by atoms with van der Waals surface area (Å²) in [6.07, 6.45) is 3.18. The molecule has 1 heterocycles. The summed E-state index contributed by atoms with van der Waals surface area (Å²) >= 11 is 7.33. The Morgan fingerprint density at radius 3 is 2.92 bits per heavy atom. The van der Waals surface area contributed by atoms with Gasteiger partial charge in [0.25, 0.3) is 11.6 Å². The lowest BCUT2D eigenvalue weighted by Crippen LogP contribution is -2.18. The zero-order valence-corrected chi connectivity index (χ0v) is 16.0. The van der Waals surface area contributed by atoms with E-state index in [1.807, 2.05) is 6.07 Å². The summed E-state index contributed by atoms with van der Waals surface area (Å²) in [5.41, 5.74) is 4.60. The number of thiophene rings is 1. The number of benzene rings is 1. The van der Waals surface area contributed by atoms with Crippen molar-refractivity contribution in [3.05, 3.63) is 60.3 Å². The van der Waals surface area contributed by atoms with Crippen LogP contribution in [0.2, 0.25) is 5.02 Å². The topological polar surface area (TPSA) is 84.6 Å². The Morgan fingerprint density at radius 2 is 2.19 bits per heavy atom. The fourth-order valence-electron chi connectivity index (χ4n) is 2.95. The number of amides is 1. The number of nitrogens with zero attached hydrogens (tertiary/aromatic N) is 2. The van der Waals surface area contributed by atoms with E-state index in [4.69, 9.17) is 11.6 Å². The highest BCUT2D eigenvalue weighted by Crippen LogP contribution is 2.32. The van der Waals surface area contributed by atoms with Gasteiger partial charge in [0.05, 0.1) is 15.5 Å². The van der Waals surface area contributed by atoms with Crippen molar-refractivity contribution in [2.75, 3.05) is 0 Å². The lowest BCUT2D eigenvalue weighted by Gasteiger charge is -2.16. The Labute approximate surface area is 160 Å². The number of aryl methyl sites for hydroxylation is 1. The fourth-order valence-corrected chi connectivity index (χ4v) is 4.23. The summed E-state index contributed by atoms with van der Waals surface area (Å²) < 4.78 is 0. The number of rotatable bonds is 4. The maximum atomic E-state index is 12.4. The molecule has 6 nitrogen and oxygen atoms in total. The van der Waals surface area contributed by atoms with Crippen molar-refractivity contribution >= 4 is 40.2 Å². The van der Waals surface area contributed by atoms with Crippen molar-refractivity contribution in [2.45, 2.75) is 33.1 Å². The predicted octanol–water partition coefficient (Wildman–Crippen LogP) is 4.59. The second-order valence-corrected chi connectivity index (χ2v) is 8.01. The third-order valence-electron chi connectivity index (χ3n) is 4.44. The van der Waals surface area contributed by atoms with Crippen molar-refractivity contribution in [2.24, 2.45) is 11.0 Å². The van der Waals surface area contributed by atoms with Crippen LogP contribution in [-0.2, 0) is 12.8 Å². The van der Waals surface area contributed by atoms with Crippen LogP contribution in [0.15, 0.2) is 29.4 Å². The van der Waals surface area contributed by atoms with Crippen LogP contribution in [0.4, 0.5) is 5.69 Å². The normalized spacial score (nSPS) is 16.9. The van der Waals surface area contributed by atoms with E-state index in [1.165, 1.54) is 33.9 Å². The number of halogens is 1. The predicted molar refractivity (Wildman–Crippen MR) is 103 cm³/mol. The number of nitrogens with one attached hydrogen (secondary N) is 1. The molecule has 1 N–H and O–H groups in total. The van der Waals surface area contributed by atoms with Gasteiger partial charge in [-0.2, -0.15) is 5.10 Å². The van der Waals surface area contributed by atoms with Gasteiger partial charge in [-0.3, -0.25) is 14.9 Å². The lowest BCUT2D eigenvalue weighted by molar-refractivity contribution is -0.384. The number of hydrogen-bond acceptors (Lipinski definition) is 5. The molecule has 1 aliphatic rings. The fraction of sp³-hybridized carbons (Fsp3) is 0.333. The van der Waals surface area contributed by atoms with E-state index in [0.29, 0.717) is 22.1 Å². The number of carbonyl (C=O) groups is 1. The van der Waals surface area contributed by atoms with Crippen molar-refractivity contribution in [3.63, 3.8) is 0 Å². The summed E-state index contributed by atoms with van der Waals surface area (Å²) in [5.74, 6) is 0.383. The van der Waals surface area contributed by atoms with E-state index in [9.17, 15) is 14.9 Å². The average molecular weight is 392 g/mol. The van der Waals surface area contributed by atoms with Crippen molar-refractivity contribution in [3.8, 4) is 0 Å². The number of nitro groups is 1. The molecule has 1 aromatic carbocycles. The summed E-state index contributed by atoms with van der Waals surface area (Å²) in [6.45, 7) is 3.90. The van der Waals surface area contributed by atoms with Crippen LogP contribution in [0.25, 0.3) is 0 Å². The van der Waals surface area contributed by atoms with Crippen LogP contribution in [0.3, 0.4) is 0 Å². The molecule has 1 atom stereocenters. The molecule has 0 unspecified atom stereocenters. The Morgan fingerprint density at radius 1 is 1.42 bits per heavy atom. The standard InChI is InChI=1S/C18H18ClN3O3S/c1-10-3-6-16-13(7-10)9-17(26-16)18(23)21-20-11(2)12-4-5-14(19)15(8-12)22(24)25/h4-5,8-10H,3,6-7H2,1-2H3,(H,21,23)/b20-11-/t10-/m1/s1. The molecular formula is C18H18ClN3O3S. The van der Waals surface area contributed by atoms with Gasteiger partial charge in [0, 0.05) is 16.5 Å². The first-order valence-electron chi connectivity index (χ1n) is 8.25. The Hall–Kier alpha value is -2.25. The first-order valence-corrected chi connectivity index (χ1v) is 9.45. The SMILES string of the molecule is C/C(=N/NC(=O)c1cc2c(s1)CC[C@@H](C)C2)c1ccc(Cl)c([N+](=O)[O-])c1. The largest absolute Gasteiger partial charge is 0.288 e. The van der Waals surface area contributed by atoms with Gasteiger partial charge < -0.3 is 0 Å². The van der Waals surface area contributed by atoms with E-state index in [1.54, 1.807) is 13.0 Å². The third kappa shape index (κ3) is 3.94.